The minimum absolute atomic E-state index is 0.175. The molecular formula is C10H13F2NOS. The Morgan fingerprint density at radius 3 is 2.33 bits per heavy atom. The van der Waals surface area contributed by atoms with E-state index in [1.165, 1.54) is 12.1 Å². The van der Waals surface area contributed by atoms with E-state index in [-0.39, 0.29) is 5.75 Å². The molecule has 0 amide bonds. The second-order valence-corrected chi connectivity index (χ2v) is 4.78. The minimum Gasteiger partial charge on any atom is -0.330 e. The summed E-state index contributed by atoms with van der Waals surface area (Å²) in [5.41, 5.74) is 5.68. The van der Waals surface area contributed by atoms with Gasteiger partial charge < -0.3 is 5.73 Å². The molecule has 5 heteroatoms. The molecule has 1 aromatic carbocycles. The van der Waals surface area contributed by atoms with Crippen molar-refractivity contribution in [1.82, 2.24) is 0 Å². The zero-order valence-corrected chi connectivity index (χ0v) is 9.03. The number of hydrogen-bond donors (Lipinski definition) is 1. The largest absolute Gasteiger partial charge is 0.330 e. The van der Waals surface area contributed by atoms with Gasteiger partial charge >= 0.3 is 0 Å². The van der Waals surface area contributed by atoms with Crippen molar-refractivity contribution in [2.75, 3.05) is 12.3 Å². The second-order valence-electron chi connectivity index (χ2n) is 3.21. The molecule has 0 fully saturated rings. The van der Waals surface area contributed by atoms with Crippen LogP contribution >= 0.6 is 0 Å². The van der Waals surface area contributed by atoms with Gasteiger partial charge in [-0.3, -0.25) is 4.21 Å². The fourth-order valence-electron chi connectivity index (χ4n) is 1.20. The third kappa shape index (κ3) is 4.48. The summed E-state index contributed by atoms with van der Waals surface area (Å²) in [6, 6.07) is 3.19. The molecular weight excluding hydrogens is 220 g/mol. The van der Waals surface area contributed by atoms with E-state index in [1.54, 1.807) is 0 Å². The zero-order chi connectivity index (χ0) is 11.3. The lowest BCUT2D eigenvalue weighted by Gasteiger charge is -2.02. The zero-order valence-electron chi connectivity index (χ0n) is 8.21. The average Bonchev–Trinajstić information content (AvgIpc) is 2.13. The molecule has 0 aliphatic heterocycles. The summed E-state index contributed by atoms with van der Waals surface area (Å²) in [6.07, 6.45) is 0.657. The topological polar surface area (TPSA) is 43.1 Å². The van der Waals surface area contributed by atoms with Crippen LogP contribution in [0.5, 0.6) is 0 Å². The molecule has 0 aliphatic carbocycles. The molecule has 15 heavy (non-hydrogen) atoms. The van der Waals surface area contributed by atoms with Gasteiger partial charge in [-0.05, 0) is 30.7 Å². The van der Waals surface area contributed by atoms with Crippen LogP contribution in [-0.2, 0) is 16.6 Å². The third-order valence-electron chi connectivity index (χ3n) is 1.83. The summed E-state index contributed by atoms with van der Waals surface area (Å²) < 4.78 is 36.9. The second kappa shape index (κ2) is 5.92. The van der Waals surface area contributed by atoms with Crippen molar-refractivity contribution in [2.45, 2.75) is 12.2 Å². The van der Waals surface area contributed by atoms with Crippen molar-refractivity contribution in [3.8, 4) is 0 Å². The fourth-order valence-corrected chi connectivity index (χ4v) is 2.37. The van der Waals surface area contributed by atoms with E-state index in [2.05, 4.69) is 0 Å². The van der Waals surface area contributed by atoms with Gasteiger partial charge in [-0.1, -0.05) is 0 Å². The van der Waals surface area contributed by atoms with Crippen LogP contribution in [0.3, 0.4) is 0 Å². The molecule has 0 saturated heterocycles. The minimum atomic E-state index is -1.10. The van der Waals surface area contributed by atoms with Crippen LogP contribution in [0.25, 0.3) is 0 Å². The van der Waals surface area contributed by atoms with E-state index >= 15 is 0 Å². The first kappa shape index (κ1) is 12.3. The Hall–Kier alpha value is -0.810. The number of rotatable bonds is 5. The summed E-state index contributed by atoms with van der Waals surface area (Å²) in [7, 11) is -1.10. The van der Waals surface area contributed by atoms with Crippen LogP contribution in [0.15, 0.2) is 18.2 Å². The van der Waals surface area contributed by atoms with Crippen molar-refractivity contribution in [1.29, 1.82) is 0 Å². The molecule has 0 aliphatic rings. The summed E-state index contributed by atoms with van der Waals surface area (Å²) in [6.45, 7) is 0.475. The summed E-state index contributed by atoms with van der Waals surface area (Å²) in [5, 5.41) is 0. The molecule has 2 N–H and O–H groups in total. The normalized spacial score (nSPS) is 12.7. The van der Waals surface area contributed by atoms with Gasteiger partial charge in [-0.2, -0.15) is 0 Å². The van der Waals surface area contributed by atoms with Crippen LogP contribution in [-0.4, -0.2) is 16.5 Å². The van der Waals surface area contributed by atoms with E-state index in [0.717, 1.165) is 6.07 Å². The maximum atomic E-state index is 12.8. The fraction of sp³-hybridized carbons (Fsp3) is 0.400. The molecule has 2 nitrogen and oxygen atoms in total. The van der Waals surface area contributed by atoms with Gasteiger partial charge in [-0.15, -0.1) is 0 Å². The molecule has 0 radical (unpaired) electrons. The molecule has 1 atom stereocenters. The Balaban J connectivity index is 2.60. The lowest BCUT2D eigenvalue weighted by atomic mass is 10.2. The van der Waals surface area contributed by atoms with Crippen molar-refractivity contribution >= 4 is 10.8 Å². The van der Waals surface area contributed by atoms with Gasteiger partial charge in [-0.25, -0.2) is 8.78 Å². The van der Waals surface area contributed by atoms with E-state index in [4.69, 9.17) is 5.73 Å². The first-order valence-electron chi connectivity index (χ1n) is 4.62. The molecule has 84 valence electrons. The Morgan fingerprint density at radius 2 is 1.80 bits per heavy atom. The summed E-state index contributed by atoms with van der Waals surface area (Å²) in [5.74, 6) is -0.634. The van der Waals surface area contributed by atoms with E-state index in [1.807, 2.05) is 0 Å². The van der Waals surface area contributed by atoms with Crippen LogP contribution in [0.2, 0.25) is 0 Å². The highest BCUT2D eigenvalue weighted by Crippen LogP contribution is 2.10. The van der Waals surface area contributed by atoms with E-state index < -0.39 is 22.4 Å². The lowest BCUT2D eigenvalue weighted by molar-refractivity contribution is 0.581. The number of nitrogens with two attached hydrogens (primary N) is 1. The monoisotopic (exact) mass is 233 g/mol. The highest BCUT2D eigenvalue weighted by molar-refractivity contribution is 7.84. The number of halogens is 2. The molecule has 1 aromatic rings. The predicted molar refractivity (Wildman–Crippen MR) is 56.7 cm³/mol. The molecule has 0 saturated carbocycles. The van der Waals surface area contributed by atoms with Crippen LogP contribution in [0, 0.1) is 11.6 Å². The van der Waals surface area contributed by atoms with Crippen molar-refractivity contribution < 1.29 is 13.0 Å². The third-order valence-corrected chi connectivity index (χ3v) is 3.23. The number of hydrogen-bond acceptors (Lipinski definition) is 2. The highest BCUT2D eigenvalue weighted by atomic mass is 32.2. The quantitative estimate of drug-likeness (QED) is 0.838. The highest BCUT2D eigenvalue weighted by Gasteiger charge is 2.04. The first-order chi connectivity index (χ1) is 7.11. The van der Waals surface area contributed by atoms with Crippen molar-refractivity contribution in [3.63, 3.8) is 0 Å². The molecule has 0 aromatic heterocycles. The van der Waals surface area contributed by atoms with Gasteiger partial charge in [0.25, 0.3) is 0 Å². The van der Waals surface area contributed by atoms with E-state index in [0.29, 0.717) is 24.3 Å². The maximum absolute atomic E-state index is 12.8. The van der Waals surface area contributed by atoms with Crippen LogP contribution < -0.4 is 5.73 Å². The maximum Gasteiger partial charge on any atom is 0.126 e. The van der Waals surface area contributed by atoms with Crippen LogP contribution in [0.4, 0.5) is 8.78 Å². The van der Waals surface area contributed by atoms with Gasteiger partial charge in [0.05, 0.1) is 0 Å². The van der Waals surface area contributed by atoms with Crippen molar-refractivity contribution in [3.05, 3.63) is 35.4 Å². The Labute approximate surface area is 89.9 Å². The standard InChI is InChI=1S/C10H13F2NOS/c11-9-4-8(5-10(12)6-9)7-15(14)3-1-2-13/h4-6H,1-3,7,13H2. The van der Waals surface area contributed by atoms with Crippen molar-refractivity contribution in [2.24, 2.45) is 5.73 Å². The Kier molecular flexibility index (Phi) is 4.84. The Bertz CT molecular complexity index is 337. The van der Waals surface area contributed by atoms with Gasteiger partial charge in [0.1, 0.15) is 11.6 Å². The SMILES string of the molecule is NCCCS(=O)Cc1cc(F)cc(F)c1. The predicted octanol–water partition coefficient (Wildman–Crippen LogP) is 1.56. The first-order valence-corrected chi connectivity index (χ1v) is 6.10. The van der Waals surface area contributed by atoms with Crippen LogP contribution in [0.1, 0.15) is 12.0 Å². The van der Waals surface area contributed by atoms with Gasteiger partial charge in [0, 0.05) is 28.4 Å². The smallest absolute Gasteiger partial charge is 0.126 e. The summed E-state index contributed by atoms with van der Waals surface area (Å²) >= 11 is 0. The molecule has 0 bridgehead atoms. The molecule has 0 heterocycles. The Morgan fingerprint density at radius 1 is 1.20 bits per heavy atom. The molecule has 1 unspecified atom stereocenters. The van der Waals surface area contributed by atoms with Gasteiger partial charge in [0.2, 0.25) is 0 Å². The average molecular weight is 233 g/mol. The van der Waals surface area contributed by atoms with E-state index in [9.17, 15) is 13.0 Å². The van der Waals surface area contributed by atoms with Gasteiger partial charge in [0.15, 0.2) is 0 Å². The summed E-state index contributed by atoms with van der Waals surface area (Å²) in [4.78, 5) is 0. The lowest BCUT2D eigenvalue weighted by Crippen LogP contribution is -2.07. The molecule has 0 spiro atoms. The molecule has 1 rings (SSSR count). The number of benzene rings is 1.